The Morgan fingerprint density at radius 1 is 1.24 bits per heavy atom. The number of pyridine rings is 1. The molecular weight excluding hydrogens is 544 g/mol. The molecule has 0 aromatic carbocycles. The van der Waals surface area contributed by atoms with Crippen LogP contribution in [0.15, 0.2) is 28.4 Å². The molecular formula is C29H40N6O5S. The maximum absolute atomic E-state index is 12.6. The summed E-state index contributed by atoms with van der Waals surface area (Å²) in [5.41, 5.74) is 0.0330. The third-order valence-corrected chi connectivity index (χ3v) is 9.58. The molecule has 0 bridgehead atoms. The number of aromatic nitrogens is 3. The van der Waals surface area contributed by atoms with Gasteiger partial charge in [0.1, 0.15) is 16.3 Å². The van der Waals surface area contributed by atoms with Crippen LogP contribution in [0.4, 0.5) is 16.4 Å². The summed E-state index contributed by atoms with van der Waals surface area (Å²) in [6.45, 7) is 11.0. The molecule has 2 spiro atoms. The molecule has 2 atom stereocenters. The average molecular weight is 585 g/mol. The number of aliphatic hydroxyl groups excluding tert-OH is 1. The van der Waals surface area contributed by atoms with Crippen LogP contribution < -0.4 is 20.3 Å². The van der Waals surface area contributed by atoms with Crippen molar-refractivity contribution in [3.63, 3.8) is 0 Å². The van der Waals surface area contributed by atoms with Gasteiger partial charge < -0.3 is 34.9 Å². The monoisotopic (exact) mass is 584 g/mol. The van der Waals surface area contributed by atoms with Gasteiger partial charge in [-0.05, 0) is 59.4 Å². The largest absolute Gasteiger partial charge is 0.488 e. The number of carbonyl (C=O) groups excluding carboxylic acids is 1. The Morgan fingerprint density at radius 3 is 2.73 bits per heavy atom. The standard InChI is InChI=1S/C29H40N6O5S/c1-18-23(34-26(37)40-27(2,3)4)29(17-38-18)8-11-35(12-9-29)25-19(14-36)33-21(13-31-25)41-20-5-10-30-24-22(20)39-16-28(6-7-28)15-32-24/h5,10,13,18,23,36H,6-9,11-12,14-17H2,1-4H3,(H,30,32)(H,34,37)/t18-,23+/m0/s1. The first-order valence-corrected chi connectivity index (χ1v) is 15.3. The molecule has 0 radical (unpaired) electrons. The number of nitrogens with zero attached hydrogens (tertiary/aromatic N) is 4. The predicted octanol–water partition coefficient (Wildman–Crippen LogP) is 4.00. The van der Waals surface area contributed by atoms with Crippen molar-refractivity contribution in [3.8, 4) is 5.75 Å². The third-order valence-electron chi connectivity index (χ3n) is 8.64. The van der Waals surface area contributed by atoms with Crippen molar-refractivity contribution in [2.24, 2.45) is 10.8 Å². The van der Waals surface area contributed by atoms with E-state index in [4.69, 9.17) is 24.2 Å². The molecule has 3 fully saturated rings. The molecule has 12 heteroatoms. The number of anilines is 2. The van der Waals surface area contributed by atoms with Gasteiger partial charge in [0.15, 0.2) is 17.4 Å². The number of hydrogen-bond acceptors (Lipinski definition) is 11. The molecule has 0 unspecified atom stereocenters. The van der Waals surface area contributed by atoms with Gasteiger partial charge in [0.25, 0.3) is 0 Å². The second-order valence-electron chi connectivity index (χ2n) is 12.9. The van der Waals surface area contributed by atoms with Gasteiger partial charge in [0.05, 0.1) is 43.1 Å². The lowest BCUT2D eigenvalue weighted by molar-refractivity contribution is 0.0434. The summed E-state index contributed by atoms with van der Waals surface area (Å²) in [5.74, 6) is 2.21. The fraction of sp³-hybridized carbons (Fsp3) is 0.655. The Kier molecular flexibility index (Phi) is 7.44. The van der Waals surface area contributed by atoms with Gasteiger partial charge in [-0.25, -0.2) is 19.7 Å². The van der Waals surface area contributed by atoms with Crippen LogP contribution in [-0.4, -0.2) is 76.7 Å². The highest BCUT2D eigenvalue weighted by molar-refractivity contribution is 7.99. The molecule has 2 aromatic heterocycles. The van der Waals surface area contributed by atoms with Crippen molar-refractivity contribution in [2.45, 2.75) is 87.7 Å². The number of rotatable bonds is 5. The fourth-order valence-electron chi connectivity index (χ4n) is 6.06. The van der Waals surface area contributed by atoms with E-state index in [2.05, 4.69) is 20.5 Å². The van der Waals surface area contributed by atoms with E-state index in [-0.39, 0.29) is 29.6 Å². The highest BCUT2D eigenvalue weighted by atomic mass is 32.2. The van der Waals surface area contributed by atoms with E-state index in [9.17, 15) is 9.90 Å². The molecule has 4 aliphatic rings. The summed E-state index contributed by atoms with van der Waals surface area (Å²) in [7, 11) is 0. The zero-order valence-electron chi connectivity index (χ0n) is 24.2. The highest BCUT2D eigenvalue weighted by Gasteiger charge is 2.51. The molecule has 41 heavy (non-hydrogen) atoms. The molecule has 2 aromatic rings. The maximum Gasteiger partial charge on any atom is 0.407 e. The molecule has 3 aliphatic heterocycles. The van der Waals surface area contributed by atoms with E-state index in [0.717, 1.165) is 48.9 Å². The Hall–Kier alpha value is -2.83. The van der Waals surface area contributed by atoms with Crippen molar-refractivity contribution in [2.75, 3.05) is 43.1 Å². The van der Waals surface area contributed by atoms with Gasteiger partial charge in [0, 0.05) is 36.7 Å². The minimum Gasteiger partial charge on any atom is -0.488 e. The van der Waals surface area contributed by atoms with Crippen LogP contribution in [0.1, 0.15) is 59.1 Å². The topological polar surface area (TPSA) is 131 Å². The van der Waals surface area contributed by atoms with E-state index < -0.39 is 11.7 Å². The zero-order chi connectivity index (χ0) is 28.8. The van der Waals surface area contributed by atoms with E-state index in [1.807, 2.05) is 33.8 Å². The van der Waals surface area contributed by atoms with Crippen LogP contribution >= 0.6 is 11.8 Å². The van der Waals surface area contributed by atoms with Crippen LogP contribution in [0, 0.1) is 10.8 Å². The second-order valence-corrected chi connectivity index (χ2v) is 13.9. The first-order chi connectivity index (χ1) is 19.6. The van der Waals surface area contributed by atoms with Crippen LogP contribution in [0.5, 0.6) is 5.75 Å². The van der Waals surface area contributed by atoms with Crippen LogP contribution in [0.2, 0.25) is 0 Å². The lowest BCUT2D eigenvalue weighted by Crippen LogP contribution is -2.55. The summed E-state index contributed by atoms with van der Waals surface area (Å²) < 4.78 is 17.8. The van der Waals surface area contributed by atoms with Crippen molar-refractivity contribution < 1.29 is 24.1 Å². The highest BCUT2D eigenvalue weighted by Crippen LogP contribution is 2.50. The molecule has 2 saturated heterocycles. The quantitative estimate of drug-likeness (QED) is 0.471. The number of fused-ring (bicyclic) bond motifs is 1. The molecule has 11 nitrogen and oxygen atoms in total. The molecule has 1 aliphatic carbocycles. The van der Waals surface area contributed by atoms with Crippen molar-refractivity contribution in [1.29, 1.82) is 0 Å². The molecule has 1 amide bonds. The Morgan fingerprint density at radius 2 is 2.02 bits per heavy atom. The van der Waals surface area contributed by atoms with Gasteiger partial charge in [-0.2, -0.15) is 0 Å². The SMILES string of the molecule is C[C@@H]1OCC2(CCN(c3ncc(Sc4ccnc5c4OCC4(CC4)CN5)nc3CO)CC2)[C@@H]1NC(=O)OC(C)(C)C. The minimum atomic E-state index is -0.563. The number of amides is 1. The zero-order valence-corrected chi connectivity index (χ0v) is 25.1. The summed E-state index contributed by atoms with van der Waals surface area (Å²) in [4.78, 5) is 29.7. The smallest absolute Gasteiger partial charge is 0.407 e. The number of ether oxygens (including phenoxy) is 3. The van der Waals surface area contributed by atoms with E-state index in [1.165, 1.54) is 24.6 Å². The molecule has 5 heterocycles. The van der Waals surface area contributed by atoms with Crippen molar-refractivity contribution in [3.05, 3.63) is 24.2 Å². The Bertz CT molecular complexity index is 1290. The molecule has 6 rings (SSSR count). The summed E-state index contributed by atoms with van der Waals surface area (Å²) in [5, 5.41) is 17.5. The summed E-state index contributed by atoms with van der Waals surface area (Å²) >= 11 is 1.47. The number of carbonyl (C=O) groups is 1. The predicted molar refractivity (Wildman–Crippen MR) is 154 cm³/mol. The minimum absolute atomic E-state index is 0.101. The Balaban J connectivity index is 1.13. The van der Waals surface area contributed by atoms with Crippen molar-refractivity contribution in [1.82, 2.24) is 20.3 Å². The summed E-state index contributed by atoms with van der Waals surface area (Å²) in [6, 6.07) is 1.80. The van der Waals surface area contributed by atoms with E-state index in [0.29, 0.717) is 29.8 Å². The van der Waals surface area contributed by atoms with E-state index in [1.54, 1.807) is 12.4 Å². The fourth-order valence-corrected chi connectivity index (χ4v) is 6.93. The number of alkyl carbamates (subject to hydrolysis) is 1. The van der Waals surface area contributed by atoms with Gasteiger partial charge in [-0.3, -0.25) is 0 Å². The lowest BCUT2D eigenvalue weighted by Gasteiger charge is -2.43. The van der Waals surface area contributed by atoms with Gasteiger partial charge in [0.2, 0.25) is 0 Å². The normalized spacial score (nSPS) is 24.3. The summed E-state index contributed by atoms with van der Waals surface area (Å²) in [6.07, 6.45) is 7.00. The van der Waals surface area contributed by atoms with Crippen LogP contribution in [0.3, 0.4) is 0 Å². The van der Waals surface area contributed by atoms with Gasteiger partial charge in [-0.1, -0.05) is 11.8 Å². The third kappa shape index (κ3) is 5.91. The van der Waals surface area contributed by atoms with Crippen LogP contribution in [0.25, 0.3) is 0 Å². The number of piperidine rings is 1. The first-order valence-electron chi connectivity index (χ1n) is 14.5. The Labute approximate surface area is 245 Å². The average Bonchev–Trinajstić information content (AvgIpc) is 3.69. The maximum atomic E-state index is 12.6. The van der Waals surface area contributed by atoms with Gasteiger partial charge in [-0.15, -0.1) is 0 Å². The van der Waals surface area contributed by atoms with Crippen molar-refractivity contribution >= 4 is 29.5 Å². The molecule has 1 saturated carbocycles. The van der Waals surface area contributed by atoms with E-state index >= 15 is 0 Å². The number of nitrogens with one attached hydrogen (secondary N) is 2. The lowest BCUT2D eigenvalue weighted by atomic mass is 9.73. The number of hydrogen-bond donors (Lipinski definition) is 3. The number of aliphatic hydroxyl groups is 1. The van der Waals surface area contributed by atoms with Gasteiger partial charge >= 0.3 is 6.09 Å². The second kappa shape index (κ2) is 10.8. The molecule has 222 valence electrons. The van der Waals surface area contributed by atoms with Crippen LogP contribution in [-0.2, 0) is 16.1 Å². The first kappa shape index (κ1) is 28.3. The molecule has 3 N–H and O–H groups in total.